The van der Waals surface area contributed by atoms with E-state index in [9.17, 15) is 9.59 Å². The highest BCUT2D eigenvalue weighted by atomic mass is 16.5. The van der Waals surface area contributed by atoms with Crippen molar-refractivity contribution < 1.29 is 14.3 Å². The van der Waals surface area contributed by atoms with E-state index in [-0.39, 0.29) is 30.4 Å². The maximum atomic E-state index is 12.9. The van der Waals surface area contributed by atoms with Gasteiger partial charge in [-0.1, -0.05) is 36.4 Å². The molecule has 0 aliphatic carbocycles. The van der Waals surface area contributed by atoms with Crippen molar-refractivity contribution in [2.45, 2.75) is 32.5 Å². The number of carbonyl (C=O) groups is 2. The summed E-state index contributed by atoms with van der Waals surface area (Å²) in [5.74, 6) is -0.0475. The molecule has 0 saturated carbocycles. The van der Waals surface area contributed by atoms with E-state index in [0.717, 1.165) is 5.56 Å². The van der Waals surface area contributed by atoms with Gasteiger partial charge in [0.15, 0.2) is 0 Å². The van der Waals surface area contributed by atoms with Gasteiger partial charge in [0.25, 0.3) is 5.91 Å². The topological polar surface area (TPSA) is 75.9 Å². The van der Waals surface area contributed by atoms with Gasteiger partial charge >= 0.3 is 0 Å². The predicted molar refractivity (Wildman–Crippen MR) is 93.9 cm³/mol. The molecule has 1 fully saturated rings. The van der Waals surface area contributed by atoms with Crippen molar-refractivity contribution in [3.8, 4) is 0 Å². The van der Waals surface area contributed by atoms with E-state index in [4.69, 9.17) is 10.5 Å². The Hall–Kier alpha value is -2.60. The molecule has 0 aromatic heterocycles. The monoisotopic (exact) mass is 341 g/mol. The lowest BCUT2D eigenvalue weighted by molar-refractivity contribution is -0.150. The molecule has 25 heavy (non-hydrogen) atoms. The van der Waals surface area contributed by atoms with Gasteiger partial charge in [0.05, 0.1) is 12.6 Å². The van der Waals surface area contributed by atoms with Gasteiger partial charge in [-0.25, -0.2) is 0 Å². The fraction of sp³-hybridized carbons (Fsp3) is 0.368. The third-order valence-corrected chi connectivity index (χ3v) is 4.38. The summed E-state index contributed by atoms with van der Waals surface area (Å²) < 4.78 is 5.92. The third-order valence-electron chi connectivity index (χ3n) is 4.38. The number of allylic oxidation sites excluding steroid dienone is 1. The highest BCUT2D eigenvalue weighted by Gasteiger charge is 2.42. The lowest BCUT2D eigenvalue weighted by atomic mass is 10.0. The zero-order valence-electron chi connectivity index (χ0n) is 14.5. The zero-order valence-corrected chi connectivity index (χ0v) is 14.5. The van der Waals surface area contributed by atoms with Gasteiger partial charge in [0, 0.05) is 12.6 Å². The predicted octanol–water partition coefficient (Wildman–Crippen LogP) is 1.39. The van der Waals surface area contributed by atoms with Crippen molar-refractivity contribution in [2.24, 2.45) is 5.73 Å². The molecule has 6 nitrogen and oxygen atoms in total. The molecule has 2 amide bonds. The molecule has 1 atom stereocenters. The summed E-state index contributed by atoms with van der Waals surface area (Å²) >= 11 is 0. The van der Waals surface area contributed by atoms with Crippen LogP contribution in [-0.2, 0) is 20.9 Å². The summed E-state index contributed by atoms with van der Waals surface area (Å²) in [4.78, 5) is 28.4. The Balaban J connectivity index is 1.92. The number of ether oxygens (including phenoxy) is 1. The van der Waals surface area contributed by atoms with Gasteiger partial charge in [0.1, 0.15) is 18.1 Å². The molecule has 2 heterocycles. The molecule has 1 aromatic rings. The summed E-state index contributed by atoms with van der Waals surface area (Å²) in [6.07, 6.45) is 3.67. The SMILES string of the molecule is CC(C)N1C(=O)CN2C(=C(OCc3ccccc3)C=CC2CN)C1=O. The van der Waals surface area contributed by atoms with Gasteiger partial charge in [-0.3, -0.25) is 14.5 Å². The highest BCUT2D eigenvalue weighted by molar-refractivity contribution is 6.08. The molecule has 2 N–H and O–H groups in total. The molecule has 2 aliphatic rings. The van der Waals surface area contributed by atoms with Gasteiger partial charge in [-0.15, -0.1) is 0 Å². The second kappa shape index (κ2) is 7.11. The number of amides is 2. The number of hydrogen-bond acceptors (Lipinski definition) is 5. The van der Waals surface area contributed by atoms with Gasteiger partial charge in [0.2, 0.25) is 5.91 Å². The number of piperazine rings is 1. The van der Waals surface area contributed by atoms with E-state index < -0.39 is 0 Å². The van der Waals surface area contributed by atoms with Crippen LogP contribution in [0.4, 0.5) is 0 Å². The van der Waals surface area contributed by atoms with Gasteiger partial charge in [-0.2, -0.15) is 0 Å². The van der Waals surface area contributed by atoms with E-state index >= 15 is 0 Å². The summed E-state index contributed by atoms with van der Waals surface area (Å²) in [5.41, 5.74) is 7.24. The molecule has 0 bridgehead atoms. The minimum atomic E-state index is -0.322. The maximum absolute atomic E-state index is 12.9. The average Bonchev–Trinajstić information content (AvgIpc) is 2.60. The molecule has 1 unspecified atom stereocenters. The van der Waals surface area contributed by atoms with Gasteiger partial charge < -0.3 is 15.4 Å². The molecule has 1 saturated heterocycles. The Bertz CT molecular complexity index is 725. The summed E-state index contributed by atoms with van der Waals surface area (Å²) in [5, 5.41) is 0. The highest BCUT2D eigenvalue weighted by Crippen LogP contribution is 2.29. The molecule has 132 valence electrons. The summed E-state index contributed by atoms with van der Waals surface area (Å²) in [6, 6.07) is 9.36. The van der Waals surface area contributed by atoms with E-state index in [1.54, 1.807) is 11.0 Å². The van der Waals surface area contributed by atoms with Crippen LogP contribution in [0, 0.1) is 0 Å². The second-order valence-electron chi connectivity index (χ2n) is 6.44. The quantitative estimate of drug-likeness (QED) is 0.819. The Morgan fingerprint density at radius 3 is 2.60 bits per heavy atom. The first-order chi connectivity index (χ1) is 12.0. The normalized spacial score (nSPS) is 20.4. The lowest BCUT2D eigenvalue weighted by Gasteiger charge is -2.42. The maximum Gasteiger partial charge on any atom is 0.280 e. The van der Waals surface area contributed by atoms with Crippen LogP contribution in [0.25, 0.3) is 0 Å². The fourth-order valence-electron chi connectivity index (χ4n) is 3.14. The first-order valence-electron chi connectivity index (χ1n) is 8.45. The Morgan fingerprint density at radius 2 is 1.96 bits per heavy atom. The summed E-state index contributed by atoms with van der Waals surface area (Å²) in [7, 11) is 0. The van der Waals surface area contributed by atoms with Crippen molar-refractivity contribution in [3.63, 3.8) is 0 Å². The standard InChI is InChI=1S/C19H23N3O3/c1-13(2)22-17(23)11-21-15(10-20)8-9-16(18(21)19(22)24)25-12-14-6-4-3-5-7-14/h3-9,13,15H,10-12,20H2,1-2H3. The van der Waals surface area contributed by atoms with Crippen molar-refractivity contribution in [1.29, 1.82) is 0 Å². The van der Waals surface area contributed by atoms with E-state index in [1.807, 2.05) is 50.3 Å². The van der Waals surface area contributed by atoms with Crippen LogP contribution in [0.15, 0.2) is 53.9 Å². The van der Waals surface area contributed by atoms with E-state index in [0.29, 0.717) is 24.6 Å². The minimum Gasteiger partial charge on any atom is -0.487 e. The molecular weight excluding hydrogens is 318 g/mol. The molecule has 0 radical (unpaired) electrons. The number of nitrogens with zero attached hydrogens (tertiary/aromatic N) is 2. The van der Waals surface area contributed by atoms with Crippen LogP contribution in [0.1, 0.15) is 19.4 Å². The fourth-order valence-corrected chi connectivity index (χ4v) is 3.14. The third kappa shape index (κ3) is 3.30. The number of nitrogens with two attached hydrogens (primary N) is 1. The number of rotatable bonds is 5. The minimum absolute atomic E-state index is 0.129. The van der Waals surface area contributed by atoms with E-state index in [1.165, 1.54) is 4.90 Å². The first kappa shape index (κ1) is 17.2. The first-order valence-corrected chi connectivity index (χ1v) is 8.45. The number of hydrogen-bond donors (Lipinski definition) is 1. The number of benzene rings is 1. The smallest absolute Gasteiger partial charge is 0.280 e. The van der Waals surface area contributed by atoms with Crippen LogP contribution in [-0.4, -0.2) is 46.8 Å². The van der Waals surface area contributed by atoms with Crippen molar-refractivity contribution in [2.75, 3.05) is 13.1 Å². The lowest BCUT2D eigenvalue weighted by Crippen LogP contribution is -2.59. The molecular formula is C19H23N3O3. The van der Waals surface area contributed by atoms with Crippen LogP contribution in [0.3, 0.4) is 0 Å². The molecule has 3 rings (SSSR count). The number of carbonyl (C=O) groups excluding carboxylic acids is 2. The average molecular weight is 341 g/mol. The van der Waals surface area contributed by atoms with Crippen LogP contribution < -0.4 is 5.73 Å². The Morgan fingerprint density at radius 1 is 1.24 bits per heavy atom. The Labute approximate surface area is 147 Å². The zero-order chi connectivity index (χ0) is 18.0. The molecule has 0 spiro atoms. The van der Waals surface area contributed by atoms with Crippen LogP contribution >= 0.6 is 0 Å². The number of imide groups is 1. The van der Waals surface area contributed by atoms with Crippen molar-refractivity contribution in [3.05, 3.63) is 59.5 Å². The van der Waals surface area contributed by atoms with Crippen LogP contribution in [0.5, 0.6) is 0 Å². The molecule has 2 aliphatic heterocycles. The number of fused-ring (bicyclic) bond motifs is 1. The van der Waals surface area contributed by atoms with Gasteiger partial charge in [-0.05, 0) is 25.5 Å². The van der Waals surface area contributed by atoms with Crippen molar-refractivity contribution >= 4 is 11.8 Å². The molecule has 1 aromatic carbocycles. The largest absolute Gasteiger partial charge is 0.487 e. The van der Waals surface area contributed by atoms with E-state index in [2.05, 4.69) is 0 Å². The van der Waals surface area contributed by atoms with Crippen LogP contribution in [0.2, 0.25) is 0 Å². The summed E-state index contributed by atoms with van der Waals surface area (Å²) in [6.45, 7) is 4.47. The van der Waals surface area contributed by atoms with Crippen molar-refractivity contribution in [1.82, 2.24) is 9.80 Å². The second-order valence-corrected chi connectivity index (χ2v) is 6.44. The molecule has 6 heteroatoms. The Kier molecular flexibility index (Phi) is 4.90.